The molecule has 0 fully saturated rings. The molecule has 0 bridgehead atoms. The summed E-state index contributed by atoms with van der Waals surface area (Å²) in [6.45, 7) is 15.0. The van der Waals surface area contributed by atoms with E-state index in [2.05, 4.69) is 18.8 Å². The summed E-state index contributed by atoms with van der Waals surface area (Å²) in [6, 6.07) is -0.106. The van der Waals surface area contributed by atoms with Crippen molar-refractivity contribution in [1.82, 2.24) is 4.90 Å². The predicted octanol–water partition coefficient (Wildman–Crippen LogP) is -0.889. The Labute approximate surface area is 267 Å². The normalized spacial score (nSPS) is 15.2. The first-order valence-corrected chi connectivity index (χ1v) is 12.1. The number of amides is 1. The molecule has 0 saturated heterocycles. The van der Waals surface area contributed by atoms with Crippen LogP contribution in [-0.4, -0.2) is 96.7 Å². The zero-order valence-corrected chi connectivity index (χ0v) is 30.1. The maximum absolute atomic E-state index is 13.0. The number of hydrogen-bond acceptors (Lipinski definition) is 6. The monoisotopic (exact) mass is 607 g/mol. The van der Waals surface area contributed by atoms with Gasteiger partial charge in [-0.15, -0.1) is 5.60 Å². The third-order valence-corrected chi connectivity index (χ3v) is 5.63. The second kappa shape index (κ2) is 16.6. The van der Waals surface area contributed by atoms with Gasteiger partial charge >= 0.3 is 74.9 Å². The molecule has 0 rings (SSSR count). The number of quaternary nitrogens is 1. The van der Waals surface area contributed by atoms with Crippen LogP contribution in [0.4, 0.5) is 0 Å². The Bertz CT molecular complexity index is 605. The number of aliphatic hydroxyl groups excluding tert-OH is 1. The van der Waals surface area contributed by atoms with Crippen LogP contribution in [0.1, 0.15) is 80.6 Å². The molecule has 1 amide bonds. The van der Waals surface area contributed by atoms with Crippen molar-refractivity contribution < 1.29 is 103 Å². The first kappa shape index (κ1) is 37.0. The Balaban J connectivity index is 0. The van der Waals surface area contributed by atoms with E-state index in [4.69, 9.17) is 4.74 Å². The van der Waals surface area contributed by atoms with Gasteiger partial charge in [0.25, 0.3) is 0 Å². The summed E-state index contributed by atoms with van der Waals surface area (Å²) < 4.78 is 11.5. The molecule has 34 heavy (non-hydrogen) atoms. The molecule has 8 nitrogen and oxygen atoms in total. The van der Waals surface area contributed by atoms with Gasteiger partial charge in [0, 0.05) is 25.4 Å². The number of esters is 1. The summed E-state index contributed by atoms with van der Waals surface area (Å²) in [5, 5.41) is 21.8. The van der Waals surface area contributed by atoms with Gasteiger partial charge in [-0.2, -0.15) is 0 Å². The molecular weight excluding hydrogens is 557 g/mol. The van der Waals surface area contributed by atoms with E-state index in [9.17, 15) is 19.8 Å². The molecule has 3 atom stereocenters. The largest absolute Gasteiger partial charge is 1.00 e. The van der Waals surface area contributed by atoms with E-state index in [0.717, 1.165) is 13.0 Å². The standard InChI is InChI=1S/C25H50N2O6.Cs/c1-19(16-25(6,7)33-21(3)17-24(4,5)31)26(22(29)12-13-23(30)32-10)14-11-15-27(8,9)18-20(2)28;/h19-21,28H,11-18H2,1-10H3;/q;+1. The molecule has 1 N–H and O–H groups in total. The zero-order valence-electron chi connectivity index (χ0n) is 23.8. The van der Waals surface area contributed by atoms with Crippen molar-refractivity contribution in [2.45, 2.75) is 110 Å². The van der Waals surface area contributed by atoms with Crippen LogP contribution in [0.25, 0.3) is 0 Å². The van der Waals surface area contributed by atoms with Gasteiger partial charge in [-0.1, -0.05) is 13.8 Å². The summed E-state index contributed by atoms with van der Waals surface area (Å²) in [5.41, 5.74) is -1.58. The van der Waals surface area contributed by atoms with Gasteiger partial charge < -0.3 is 29.1 Å². The zero-order chi connectivity index (χ0) is 26.0. The second-order valence-electron chi connectivity index (χ2n) is 11.4. The van der Waals surface area contributed by atoms with E-state index >= 15 is 0 Å². The van der Waals surface area contributed by atoms with Gasteiger partial charge in [0.2, 0.25) is 5.91 Å². The molecule has 0 aliphatic rings. The number of carbonyl (C=O) groups is 2. The molecule has 196 valence electrons. The third kappa shape index (κ3) is 18.1. The molecule has 0 saturated carbocycles. The Morgan fingerprint density at radius 1 is 1.06 bits per heavy atom. The fourth-order valence-corrected chi connectivity index (χ4v) is 4.67. The Morgan fingerprint density at radius 3 is 2.09 bits per heavy atom. The van der Waals surface area contributed by atoms with Crippen molar-refractivity contribution >= 4 is 11.9 Å². The Kier molecular flexibility index (Phi) is 18.1. The SMILES string of the molecule is COC(=O)CCC(=O)N(CCC[N+](C)(C)CC(C)O)C(C)CC(C)(C)OC(C)CC(C)(C)[O-].[Cs+]. The average molecular weight is 608 g/mol. The quantitative estimate of drug-likeness (QED) is 0.181. The van der Waals surface area contributed by atoms with Crippen molar-refractivity contribution in [2.75, 3.05) is 40.8 Å². The molecule has 0 aromatic heterocycles. The fourth-order valence-electron chi connectivity index (χ4n) is 4.67. The van der Waals surface area contributed by atoms with Crippen LogP contribution < -0.4 is 74.0 Å². The first-order chi connectivity index (χ1) is 14.9. The number of nitrogens with zero attached hydrogens (tertiary/aromatic N) is 2. The maximum atomic E-state index is 13.0. The molecule has 0 heterocycles. The molecule has 0 aromatic carbocycles. The van der Waals surface area contributed by atoms with Gasteiger partial charge in [-0.25, -0.2) is 0 Å². The number of methoxy groups -OCH3 is 1. The number of rotatable bonds is 16. The van der Waals surface area contributed by atoms with Gasteiger partial charge in [0.15, 0.2) is 0 Å². The number of likely N-dealkylation sites (N-methyl/N-ethyl adjacent to an activating group) is 1. The number of hydrogen-bond donors (Lipinski definition) is 1. The van der Waals surface area contributed by atoms with Crippen molar-refractivity contribution in [2.24, 2.45) is 0 Å². The van der Waals surface area contributed by atoms with E-state index in [1.54, 1.807) is 20.8 Å². The van der Waals surface area contributed by atoms with E-state index in [-0.39, 0.29) is 99.8 Å². The summed E-state index contributed by atoms with van der Waals surface area (Å²) in [6.07, 6.45) is 1.35. The van der Waals surface area contributed by atoms with Crippen LogP contribution in [0, 0.1) is 0 Å². The van der Waals surface area contributed by atoms with E-state index < -0.39 is 23.3 Å². The minimum Gasteiger partial charge on any atom is -0.850 e. The molecule has 0 aliphatic heterocycles. The Morgan fingerprint density at radius 2 is 1.62 bits per heavy atom. The van der Waals surface area contributed by atoms with Gasteiger partial charge in [-0.3, -0.25) is 9.59 Å². The number of ether oxygens (including phenoxy) is 2. The van der Waals surface area contributed by atoms with Gasteiger partial charge in [0.05, 0.1) is 45.9 Å². The molecule has 0 aromatic rings. The molecule has 0 radical (unpaired) electrons. The third-order valence-electron chi connectivity index (χ3n) is 5.63. The van der Waals surface area contributed by atoms with E-state index in [1.807, 2.05) is 32.6 Å². The summed E-state index contributed by atoms with van der Waals surface area (Å²) >= 11 is 0. The topological polar surface area (TPSA) is 99.1 Å². The minimum atomic E-state index is -1.06. The molecular formula is C25H50CsN2O6+. The summed E-state index contributed by atoms with van der Waals surface area (Å²) in [4.78, 5) is 26.4. The smallest absolute Gasteiger partial charge is 0.850 e. The predicted molar refractivity (Wildman–Crippen MR) is 129 cm³/mol. The molecule has 0 aliphatic carbocycles. The Hall–Kier alpha value is 0.832. The van der Waals surface area contributed by atoms with Crippen molar-refractivity contribution in [3.05, 3.63) is 0 Å². The van der Waals surface area contributed by atoms with Crippen molar-refractivity contribution in [3.8, 4) is 0 Å². The number of aliphatic hydroxyl groups is 1. The average Bonchev–Trinajstić information content (AvgIpc) is 2.58. The summed E-state index contributed by atoms with van der Waals surface area (Å²) in [7, 11) is 5.45. The second-order valence-corrected chi connectivity index (χ2v) is 11.4. The summed E-state index contributed by atoms with van der Waals surface area (Å²) in [5.74, 6) is -0.485. The van der Waals surface area contributed by atoms with Crippen LogP contribution in [0.3, 0.4) is 0 Å². The molecule has 3 unspecified atom stereocenters. The van der Waals surface area contributed by atoms with Crippen LogP contribution in [0.5, 0.6) is 0 Å². The molecule has 9 heteroatoms. The molecule has 0 spiro atoms. The van der Waals surface area contributed by atoms with Crippen molar-refractivity contribution in [1.29, 1.82) is 0 Å². The van der Waals surface area contributed by atoms with Crippen LogP contribution in [0.2, 0.25) is 0 Å². The van der Waals surface area contributed by atoms with Gasteiger partial charge in [-0.05, 0) is 47.5 Å². The van der Waals surface area contributed by atoms with E-state index in [0.29, 0.717) is 30.4 Å². The number of carbonyl (C=O) groups excluding carboxylic acids is 2. The fraction of sp³-hybridized carbons (Fsp3) is 0.920. The minimum absolute atomic E-state index is 0. The van der Waals surface area contributed by atoms with Crippen LogP contribution >= 0.6 is 0 Å². The van der Waals surface area contributed by atoms with Crippen LogP contribution in [0.15, 0.2) is 0 Å². The van der Waals surface area contributed by atoms with Crippen molar-refractivity contribution in [3.63, 3.8) is 0 Å². The first-order valence-electron chi connectivity index (χ1n) is 12.1. The van der Waals surface area contributed by atoms with E-state index in [1.165, 1.54) is 7.11 Å². The maximum Gasteiger partial charge on any atom is 1.00 e. The van der Waals surface area contributed by atoms with Gasteiger partial charge in [0.1, 0.15) is 12.6 Å². The van der Waals surface area contributed by atoms with Crippen LogP contribution in [-0.2, 0) is 19.1 Å².